The van der Waals surface area contributed by atoms with E-state index in [4.69, 9.17) is 0 Å². The van der Waals surface area contributed by atoms with E-state index in [-0.39, 0.29) is 24.8 Å². The molecule has 0 saturated heterocycles. The predicted octanol–water partition coefficient (Wildman–Crippen LogP) is 0.472. The van der Waals surface area contributed by atoms with E-state index in [0.29, 0.717) is 0 Å². The minimum absolute atomic E-state index is 0. The number of halogens is 2. The SMILES string of the molecule is Cc1cc[c-](C)c1.[Cl-].[Cl-].[Zr+2]=[CH]c1ccccc1.[c-]1cccc2c1Cc1ccccc1-2. The number of benzene rings is 3. The van der Waals surface area contributed by atoms with Crippen molar-refractivity contribution in [2.45, 2.75) is 20.3 Å². The van der Waals surface area contributed by atoms with Crippen LogP contribution in [0.3, 0.4) is 0 Å². The molecule has 0 atom stereocenters. The largest absolute Gasteiger partial charge is 0.179 e. The topological polar surface area (TPSA) is 0 Å². The molecule has 0 radical (unpaired) electrons. The summed E-state index contributed by atoms with van der Waals surface area (Å²) in [5, 5.41) is 0. The number of hydrogen-bond acceptors (Lipinski definition) is 0. The van der Waals surface area contributed by atoms with E-state index in [9.17, 15) is 0 Å². The molecule has 1 aliphatic carbocycles. The van der Waals surface area contributed by atoms with E-state index >= 15 is 0 Å². The van der Waals surface area contributed by atoms with Crippen molar-refractivity contribution in [1.82, 2.24) is 0 Å². The van der Waals surface area contributed by atoms with Gasteiger partial charge in [0, 0.05) is 0 Å². The minimum Gasteiger partial charge on any atom is -0.179 e. The first kappa shape index (κ1) is 26.4. The van der Waals surface area contributed by atoms with E-state index in [1.165, 1.54) is 63.2 Å². The number of rotatable bonds is 1. The molecule has 3 heteroatoms. The Hall–Kier alpha value is -1.66. The molecule has 0 nitrogen and oxygen atoms in total. The van der Waals surface area contributed by atoms with Crippen LogP contribution in [0.2, 0.25) is 0 Å². The summed E-state index contributed by atoms with van der Waals surface area (Å²) < 4.78 is 2.17. The van der Waals surface area contributed by atoms with Crippen molar-refractivity contribution in [3.63, 3.8) is 0 Å². The Morgan fingerprint density at radius 1 is 0.867 bits per heavy atom. The van der Waals surface area contributed by atoms with Gasteiger partial charge in [0.25, 0.3) is 0 Å². The summed E-state index contributed by atoms with van der Waals surface area (Å²) in [7, 11) is 0. The number of aryl methyl sites for hydroxylation is 2. The van der Waals surface area contributed by atoms with Crippen molar-refractivity contribution < 1.29 is 49.0 Å². The second-order valence-corrected chi connectivity index (χ2v) is 7.63. The summed E-state index contributed by atoms with van der Waals surface area (Å²) in [6, 6.07) is 34.9. The van der Waals surface area contributed by atoms with Gasteiger partial charge in [0.1, 0.15) is 0 Å². The van der Waals surface area contributed by atoms with E-state index < -0.39 is 0 Å². The summed E-state index contributed by atoms with van der Waals surface area (Å²) in [6.07, 6.45) is 1.05. The smallest absolute Gasteiger partial charge is 0.0253 e. The third-order valence-corrected chi connectivity index (χ3v) is 5.47. The van der Waals surface area contributed by atoms with Gasteiger partial charge in [0.2, 0.25) is 0 Å². The van der Waals surface area contributed by atoms with Crippen molar-refractivity contribution in [2.24, 2.45) is 0 Å². The van der Waals surface area contributed by atoms with Gasteiger partial charge in [0.05, 0.1) is 0 Å². The second-order valence-electron chi connectivity index (χ2n) is 6.92. The molecule has 0 unspecified atom stereocenters. The Morgan fingerprint density at radius 3 is 2.10 bits per heavy atom. The molecule has 30 heavy (non-hydrogen) atoms. The maximum absolute atomic E-state index is 3.30. The molecule has 4 aromatic carbocycles. The van der Waals surface area contributed by atoms with Gasteiger partial charge in [-0.25, -0.2) is 11.6 Å². The molecule has 0 heterocycles. The Morgan fingerprint density at radius 2 is 1.53 bits per heavy atom. The maximum Gasteiger partial charge on any atom is -0.0253 e. The third kappa shape index (κ3) is 7.55. The molecule has 5 rings (SSSR count). The molecular weight excluding hydrogens is 486 g/mol. The van der Waals surface area contributed by atoms with Crippen molar-refractivity contribution in [3.05, 3.63) is 125 Å². The van der Waals surface area contributed by atoms with Crippen LogP contribution in [0.25, 0.3) is 11.1 Å². The van der Waals surface area contributed by atoms with E-state index in [0.717, 1.165) is 6.42 Å². The molecule has 0 N–H and O–H groups in total. The second kappa shape index (κ2) is 13.6. The van der Waals surface area contributed by atoms with Crippen LogP contribution < -0.4 is 24.8 Å². The first-order chi connectivity index (χ1) is 13.7. The Balaban J connectivity index is 0.000000233. The Kier molecular flexibility index (Phi) is 12.0. The Labute approximate surface area is 207 Å². The quantitative estimate of drug-likeness (QED) is 0.288. The third-order valence-electron chi connectivity index (χ3n) is 4.65. The fourth-order valence-corrected chi connectivity index (χ4v) is 3.74. The summed E-state index contributed by atoms with van der Waals surface area (Å²) in [4.78, 5) is 0. The van der Waals surface area contributed by atoms with Gasteiger partial charge in [-0.15, -0.1) is 5.56 Å². The van der Waals surface area contributed by atoms with Gasteiger partial charge in [-0.3, -0.25) is 0 Å². The Bertz CT molecular complexity index is 975. The molecule has 0 bridgehead atoms. The molecule has 152 valence electrons. The molecule has 0 aromatic heterocycles. The van der Waals surface area contributed by atoms with Crippen molar-refractivity contribution in [3.8, 4) is 11.1 Å². The predicted molar refractivity (Wildman–Crippen MR) is 117 cm³/mol. The van der Waals surface area contributed by atoms with Crippen LogP contribution in [0.4, 0.5) is 0 Å². The van der Waals surface area contributed by atoms with Gasteiger partial charge < -0.3 is 24.8 Å². The molecule has 4 aromatic rings. The van der Waals surface area contributed by atoms with Crippen molar-refractivity contribution in [1.29, 1.82) is 0 Å². The van der Waals surface area contributed by atoms with E-state index in [1.807, 2.05) is 12.1 Å². The fourth-order valence-electron chi connectivity index (χ4n) is 3.27. The van der Waals surface area contributed by atoms with Crippen LogP contribution in [0.1, 0.15) is 27.8 Å². The van der Waals surface area contributed by atoms with Gasteiger partial charge in [0.15, 0.2) is 0 Å². The average Bonchev–Trinajstić information content (AvgIpc) is 3.31. The van der Waals surface area contributed by atoms with E-state index in [1.54, 1.807) is 0 Å². The molecule has 0 amide bonds. The van der Waals surface area contributed by atoms with Gasteiger partial charge >= 0.3 is 63.8 Å². The van der Waals surface area contributed by atoms with Gasteiger partial charge in [-0.2, -0.15) is 47.5 Å². The average molecular weight is 511 g/mol. The molecule has 0 spiro atoms. The van der Waals surface area contributed by atoms with Crippen LogP contribution >= 0.6 is 0 Å². The van der Waals surface area contributed by atoms with Crippen LogP contribution in [0, 0.1) is 19.9 Å². The molecule has 0 fully saturated rings. The molecule has 0 aliphatic heterocycles. The monoisotopic (exact) mass is 508 g/mol. The van der Waals surface area contributed by atoms with Crippen molar-refractivity contribution >= 4 is 3.71 Å². The first-order valence-electron chi connectivity index (χ1n) is 9.50. The maximum atomic E-state index is 3.30. The van der Waals surface area contributed by atoms with E-state index in [2.05, 4.69) is 102 Å². The molecular formula is C27H24Cl2Zr-2. The zero-order valence-corrected chi connectivity index (χ0v) is 21.2. The summed E-state index contributed by atoms with van der Waals surface area (Å²) in [6.45, 7) is 4.21. The van der Waals surface area contributed by atoms with Crippen LogP contribution in [-0.2, 0) is 30.7 Å². The van der Waals surface area contributed by atoms with Crippen LogP contribution in [0.15, 0.2) is 91.0 Å². The van der Waals surface area contributed by atoms with Crippen LogP contribution in [0.5, 0.6) is 0 Å². The fraction of sp³-hybridized carbons (Fsp3) is 0.111. The van der Waals surface area contributed by atoms with Crippen LogP contribution in [-0.4, -0.2) is 3.71 Å². The summed E-state index contributed by atoms with van der Waals surface area (Å²) >= 11 is 1.46. The molecule has 0 saturated carbocycles. The number of hydrogen-bond donors (Lipinski definition) is 0. The minimum atomic E-state index is 0. The zero-order valence-electron chi connectivity index (χ0n) is 17.2. The summed E-state index contributed by atoms with van der Waals surface area (Å²) in [5.74, 6) is 0. The van der Waals surface area contributed by atoms with Gasteiger partial charge in [-0.1, -0.05) is 49.2 Å². The standard InChI is InChI=1S/C13H9.C7H9.C7H6.2ClH.Zr/c1-3-7-12-10(5-1)9-11-6-2-4-8-13(11)12;1-6-3-4-7(2)5-6;1-7-5-3-2-4-6-7;;;/h1-5,7-8H,9H2;3-5H,1-2H3;1-6H;2*1H;/q2*-1;;;;+2/p-2. The van der Waals surface area contributed by atoms with Gasteiger partial charge in [-0.05, 0) is 6.42 Å². The zero-order chi connectivity index (χ0) is 19.8. The van der Waals surface area contributed by atoms with Crippen molar-refractivity contribution in [2.75, 3.05) is 0 Å². The number of fused-ring (bicyclic) bond motifs is 3. The first-order valence-corrected chi connectivity index (χ1v) is 10.9. The summed E-state index contributed by atoms with van der Waals surface area (Å²) in [5.41, 5.74) is 9.55. The molecule has 1 aliphatic rings. The normalized spacial score (nSPS) is 9.87.